The normalized spacial score (nSPS) is 14.2. The molecule has 284 valence electrons. The number of phosphoric acid groups is 1. The number of esters is 1. The molecule has 0 rings (SSSR count). The van der Waals surface area contributed by atoms with E-state index in [1.807, 2.05) is 6.08 Å². The van der Waals surface area contributed by atoms with Crippen molar-refractivity contribution < 1.29 is 42.7 Å². The Bertz CT molecular complexity index is 827. The van der Waals surface area contributed by atoms with Crippen molar-refractivity contribution in [2.24, 2.45) is 5.73 Å². The van der Waals surface area contributed by atoms with Crippen molar-refractivity contribution in [2.75, 3.05) is 19.8 Å². The van der Waals surface area contributed by atoms with E-state index in [-0.39, 0.29) is 13.0 Å². The number of carboxylic acid groups (broad SMARTS) is 1. The lowest BCUT2D eigenvalue weighted by Crippen LogP contribution is -2.34. The van der Waals surface area contributed by atoms with E-state index >= 15 is 0 Å². The number of allylic oxidation sites excluding steroid dienone is 1. The number of ether oxygens (including phenoxy) is 2. The molecule has 48 heavy (non-hydrogen) atoms. The Hall–Kier alpha value is -1.45. The van der Waals surface area contributed by atoms with Gasteiger partial charge in [0.05, 0.1) is 19.5 Å². The number of phosphoric ester groups is 1. The van der Waals surface area contributed by atoms with Crippen molar-refractivity contribution in [3.8, 4) is 0 Å². The molecule has 10 nitrogen and oxygen atoms in total. The van der Waals surface area contributed by atoms with Crippen LogP contribution in [0.3, 0.4) is 0 Å². The van der Waals surface area contributed by atoms with Crippen molar-refractivity contribution in [3.05, 3.63) is 12.3 Å². The number of nitrogens with two attached hydrogens (primary N) is 1. The van der Waals surface area contributed by atoms with Crippen LogP contribution in [0.2, 0.25) is 0 Å². The highest BCUT2D eigenvalue weighted by molar-refractivity contribution is 7.47. The molecule has 0 spiro atoms. The van der Waals surface area contributed by atoms with Crippen molar-refractivity contribution in [3.63, 3.8) is 0 Å². The van der Waals surface area contributed by atoms with Gasteiger partial charge in [0.1, 0.15) is 12.6 Å². The summed E-state index contributed by atoms with van der Waals surface area (Å²) in [7, 11) is -4.62. The molecule has 0 saturated carbocycles. The van der Waals surface area contributed by atoms with E-state index in [1.54, 1.807) is 6.26 Å². The molecule has 0 aliphatic heterocycles. The molecule has 0 fully saturated rings. The zero-order chi connectivity index (χ0) is 35.6. The maximum atomic E-state index is 12.5. The molecule has 1 unspecified atom stereocenters. The van der Waals surface area contributed by atoms with Crippen LogP contribution in [0.25, 0.3) is 0 Å². The molecule has 0 aliphatic rings. The van der Waals surface area contributed by atoms with E-state index in [2.05, 4.69) is 18.4 Å². The Morgan fingerprint density at radius 1 is 0.646 bits per heavy atom. The average molecular weight is 706 g/mol. The third-order valence-electron chi connectivity index (χ3n) is 8.39. The molecule has 0 radical (unpaired) electrons. The number of carboxylic acids is 1. The van der Waals surface area contributed by atoms with Crippen LogP contribution >= 0.6 is 7.82 Å². The SMILES string of the molecule is CCCCCCCCCCCCCCCC/C=C\OC[C@H](COP(=O)(O)OC[C@H](N)C(=O)O)OC(=O)CCCCCCCCCCCC. The highest BCUT2D eigenvalue weighted by atomic mass is 31.2. The molecule has 4 N–H and O–H groups in total. The molecule has 0 aromatic heterocycles. The van der Waals surface area contributed by atoms with Crippen LogP contribution in [0.5, 0.6) is 0 Å². The monoisotopic (exact) mass is 705 g/mol. The van der Waals surface area contributed by atoms with Gasteiger partial charge in [0.15, 0.2) is 6.10 Å². The lowest BCUT2D eigenvalue weighted by atomic mass is 10.0. The minimum atomic E-state index is -4.62. The van der Waals surface area contributed by atoms with Gasteiger partial charge in [0.25, 0.3) is 0 Å². The number of rotatable bonds is 37. The van der Waals surface area contributed by atoms with Gasteiger partial charge < -0.3 is 25.2 Å². The molecule has 11 heteroatoms. The van der Waals surface area contributed by atoms with Crippen LogP contribution < -0.4 is 5.73 Å². The van der Waals surface area contributed by atoms with E-state index in [4.69, 9.17) is 24.8 Å². The minimum Gasteiger partial charge on any atom is -0.498 e. The Kier molecular flexibility index (Phi) is 33.0. The van der Waals surface area contributed by atoms with Gasteiger partial charge in [-0.3, -0.25) is 18.6 Å². The van der Waals surface area contributed by atoms with Gasteiger partial charge >= 0.3 is 19.8 Å². The van der Waals surface area contributed by atoms with Crippen LogP contribution in [0, 0.1) is 0 Å². The summed E-state index contributed by atoms with van der Waals surface area (Å²) in [5.41, 5.74) is 5.33. The van der Waals surface area contributed by atoms with Gasteiger partial charge in [-0.25, -0.2) is 4.57 Å². The Balaban J connectivity index is 4.30. The lowest BCUT2D eigenvalue weighted by Gasteiger charge is -2.20. The zero-order valence-electron chi connectivity index (χ0n) is 30.6. The highest BCUT2D eigenvalue weighted by Gasteiger charge is 2.27. The van der Waals surface area contributed by atoms with Crippen LogP contribution in [0.1, 0.15) is 181 Å². The number of hydrogen-bond donors (Lipinski definition) is 3. The number of carbonyl (C=O) groups excluding carboxylic acids is 1. The third-order valence-corrected chi connectivity index (χ3v) is 9.34. The molecule has 0 saturated heterocycles. The van der Waals surface area contributed by atoms with Crippen molar-refractivity contribution in [2.45, 2.75) is 193 Å². The lowest BCUT2D eigenvalue weighted by molar-refractivity contribution is -0.153. The second kappa shape index (κ2) is 34.0. The predicted octanol–water partition coefficient (Wildman–Crippen LogP) is 10.2. The summed E-state index contributed by atoms with van der Waals surface area (Å²) in [4.78, 5) is 33.3. The molecule has 0 aliphatic carbocycles. The molecular formula is C37H72NO9P. The van der Waals surface area contributed by atoms with Gasteiger partial charge in [-0.15, -0.1) is 0 Å². The van der Waals surface area contributed by atoms with Crippen molar-refractivity contribution in [1.29, 1.82) is 0 Å². The number of unbranched alkanes of at least 4 members (excludes halogenated alkanes) is 23. The second-order valence-electron chi connectivity index (χ2n) is 13.1. The number of carbonyl (C=O) groups is 2. The molecule has 0 heterocycles. The molecule has 3 atom stereocenters. The maximum absolute atomic E-state index is 12.5. The summed E-state index contributed by atoms with van der Waals surface area (Å²) in [5.74, 6) is -1.80. The first-order valence-electron chi connectivity index (χ1n) is 19.3. The summed E-state index contributed by atoms with van der Waals surface area (Å²) in [6.45, 7) is 3.26. The fourth-order valence-electron chi connectivity index (χ4n) is 5.33. The smallest absolute Gasteiger partial charge is 0.472 e. The van der Waals surface area contributed by atoms with Crippen LogP contribution in [-0.2, 0) is 32.7 Å². The summed E-state index contributed by atoms with van der Waals surface area (Å²) < 4.78 is 32.9. The molecule has 0 bridgehead atoms. The molecule has 0 amide bonds. The van der Waals surface area contributed by atoms with E-state index in [9.17, 15) is 19.0 Å². The van der Waals surface area contributed by atoms with E-state index in [0.717, 1.165) is 32.1 Å². The largest absolute Gasteiger partial charge is 0.498 e. The minimum absolute atomic E-state index is 0.0619. The fraction of sp³-hybridized carbons (Fsp3) is 0.892. The summed E-state index contributed by atoms with van der Waals surface area (Å²) in [6.07, 6.45) is 33.6. The number of hydrogen-bond acceptors (Lipinski definition) is 8. The van der Waals surface area contributed by atoms with Gasteiger partial charge in [0.2, 0.25) is 0 Å². The third kappa shape index (κ3) is 33.1. The standard InChI is InChI=1S/C37H72NO9P/c1-3-5-7-9-11-13-15-16-17-18-19-20-22-24-26-28-30-44-31-34(32-45-48(42,43)46-33-35(38)37(40)41)47-36(39)29-27-25-23-21-14-12-10-8-6-4-2/h28,30,34-35H,3-27,29,31-33,38H2,1-2H3,(H,40,41)(H,42,43)/b30-28-/t34-,35+/m1/s1. The Labute approximate surface area is 292 Å². The van der Waals surface area contributed by atoms with Gasteiger partial charge in [-0.1, -0.05) is 155 Å². The average Bonchev–Trinajstić information content (AvgIpc) is 3.06. The zero-order valence-corrected chi connectivity index (χ0v) is 31.5. The molecule has 0 aromatic carbocycles. The second-order valence-corrected chi connectivity index (χ2v) is 14.6. The highest BCUT2D eigenvalue weighted by Crippen LogP contribution is 2.43. The van der Waals surface area contributed by atoms with Gasteiger partial charge in [0, 0.05) is 6.42 Å². The fourth-order valence-corrected chi connectivity index (χ4v) is 6.11. The van der Waals surface area contributed by atoms with Gasteiger partial charge in [-0.2, -0.15) is 0 Å². The summed E-state index contributed by atoms with van der Waals surface area (Å²) in [6, 6.07) is -1.48. The van der Waals surface area contributed by atoms with Crippen LogP contribution in [-0.4, -0.2) is 53.9 Å². The molecular weight excluding hydrogens is 633 g/mol. The first-order valence-corrected chi connectivity index (χ1v) is 20.8. The first kappa shape index (κ1) is 46.5. The predicted molar refractivity (Wildman–Crippen MR) is 194 cm³/mol. The van der Waals surface area contributed by atoms with Crippen molar-refractivity contribution >= 4 is 19.8 Å². The van der Waals surface area contributed by atoms with E-state index < -0.39 is 45.1 Å². The van der Waals surface area contributed by atoms with E-state index in [1.165, 1.54) is 122 Å². The maximum Gasteiger partial charge on any atom is 0.472 e. The Morgan fingerprint density at radius 2 is 1.06 bits per heavy atom. The van der Waals surface area contributed by atoms with Crippen LogP contribution in [0.4, 0.5) is 0 Å². The topological polar surface area (TPSA) is 155 Å². The quantitative estimate of drug-likeness (QED) is 0.0246. The van der Waals surface area contributed by atoms with Crippen molar-refractivity contribution in [1.82, 2.24) is 0 Å². The number of aliphatic carboxylic acids is 1. The summed E-state index contributed by atoms with van der Waals surface area (Å²) >= 11 is 0. The first-order chi connectivity index (χ1) is 23.2. The summed E-state index contributed by atoms with van der Waals surface area (Å²) in [5, 5.41) is 8.85. The van der Waals surface area contributed by atoms with Gasteiger partial charge in [-0.05, 0) is 25.3 Å². The molecule has 0 aromatic rings. The Morgan fingerprint density at radius 3 is 1.52 bits per heavy atom. The van der Waals surface area contributed by atoms with E-state index in [0.29, 0.717) is 6.42 Å². The van der Waals surface area contributed by atoms with Crippen LogP contribution in [0.15, 0.2) is 12.3 Å².